The van der Waals surface area contributed by atoms with Gasteiger partial charge in [-0.25, -0.2) is 17.6 Å². The fraction of sp³-hybridized carbons (Fsp3) is 0.269. The number of piperazine rings is 1. The topological polar surface area (TPSA) is 90.0 Å². The zero-order valence-corrected chi connectivity index (χ0v) is 20.5. The van der Waals surface area contributed by atoms with Gasteiger partial charge in [0.2, 0.25) is 0 Å². The molecule has 0 aliphatic carbocycles. The van der Waals surface area contributed by atoms with Gasteiger partial charge >= 0.3 is 5.97 Å². The van der Waals surface area contributed by atoms with Crippen LogP contribution >= 0.6 is 0 Å². The lowest BCUT2D eigenvalue weighted by Crippen LogP contribution is -2.46. The Morgan fingerprint density at radius 3 is 2.26 bits per heavy atom. The summed E-state index contributed by atoms with van der Waals surface area (Å²) in [5, 5.41) is 9.83. The monoisotopic (exact) mass is 497 g/mol. The Bertz CT molecular complexity index is 1330. The van der Waals surface area contributed by atoms with Crippen LogP contribution < -0.4 is 9.62 Å². The molecule has 3 aromatic rings. The quantitative estimate of drug-likeness (QED) is 0.507. The maximum absolute atomic E-state index is 14.0. The summed E-state index contributed by atoms with van der Waals surface area (Å²) in [6.07, 6.45) is 0. The zero-order chi connectivity index (χ0) is 25.2. The standard InChI is InChI=1S/C26H28FN3O4S/c1-18-13-19(2)15-22(14-18)35(33,34)28-21-7-8-25(23(16-21)26(31)32)30-11-9-29(10-12-30)17-20-5-3-4-6-24(20)27/h3-8,13-16,28H,9-12,17H2,1-2H3,(H,31,32). The van der Waals surface area contributed by atoms with Gasteiger partial charge < -0.3 is 10.0 Å². The number of anilines is 2. The molecule has 0 atom stereocenters. The Morgan fingerprint density at radius 2 is 1.63 bits per heavy atom. The lowest BCUT2D eigenvalue weighted by Gasteiger charge is -2.36. The molecule has 2 N–H and O–H groups in total. The van der Waals surface area contributed by atoms with Gasteiger partial charge in [-0.3, -0.25) is 9.62 Å². The normalized spacial score (nSPS) is 14.7. The number of carbonyl (C=O) groups is 1. The summed E-state index contributed by atoms with van der Waals surface area (Å²) in [4.78, 5) is 16.2. The Labute approximate surface area is 204 Å². The number of hydrogen-bond donors (Lipinski definition) is 2. The second-order valence-corrected chi connectivity index (χ2v) is 10.5. The summed E-state index contributed by atoms with van der Waals surface area (Å²) in [5.74, 6) is -1.37. The molecule has 1 fully saturated rings. The molecule has 184 valence electrons. The van der Waals surface area contributed by atoms with Crippen molar-refractivity contribution in [2.45, 2.75) is 25.3 Å². The van der Waals surface area contributed by atoms with Crippen LogP contribution in [0.15, 0.2) is 65.6 Å². The van der Waals surface area contributed by atoms with E-state index in [-0.39, 0.29) is 22.0 Å². The van der Waals surface area contributed by atoms with Crippen molar-refractivity contribution >= 4 is 27.4 Å². The summed E-state index contributed by atoms with van der Waals surface area (Å²) >= 11 is 0. The van der Waals surface area contributed by atoms with Crippen LogP contribution in [0.2, 0.25) is 0 Å². The van der Waals surface area contributed by atoms with Crippen LogP contribution in [0.1, 0.15) is 27.0 Å². The SMILES string of the molecule is Cc1cc(C)cc(S(=O)(=O)Nc2ccc(N3CCN(Cc4ccccc4F)CC3)c(C(=O)O)c2)c1. The Kier molecular flexibility index (Phi) is 7.09. The number of hydrogen-bond acceptors (Lipinski definition) is 5. The molecule has 35 heavy (non-hydrogen) atoms. The molecular weight excluding hydrogens is 469 g/mol. The van der Waals surface area contributed by atoms with Gasteiger partial charge in [0.15, 0.2) is 0 Å². The first-order valence-corrected chi connectivity index (χ1v) is 12.8. The molecule has 1 aliphatic heterocycles. The number of nitrogens with zero attached hydrogens (tertiary/aromatic N) is 2. The molecule has 3 aromatic carbocycles. The summed E-state index contributed by atoms with van der Waals surface area (Å²) in [5.41, 5.74) is 3.00. The summed E-state index contributed by atoms with van der Waals surface area (Å²) in [6, 6.07) is 16.3. The first-order valence-electron chi connectivity index (χ1n) is 11.3. The van der Waals surface area contributed by atoms with Gasteiger partial charge in [-0.15, -0.1) is 0 Å². The van der Waals surface area contributed by atoms with Crippen molar-refractivity contribution in [1.82, 2.24) is 4.90 Å². The molecule has 1 heterocycles. The molecule has 0 radical (unpaired) electrons. The molecule has 0 aromatic heterocycles. The van der Waals surface area contributed by atoms with Crippen LogP contribution in [0.3, 0.4) is 0 Å². The maximum Gasteiger partial charge on any atom is 0.337 e. The highest BCUT2D eigenvalue weighted by Gasteiger charge is 2.23. The second-order valence-electron chi connectivity index (χ2n) is 8.82. The number of aromatic carboxylic acids is 1. The molecule has 1 saturated heterocycles. The molecule has 0 bridgehead atoms. The Morgan fingerprint density at radius 1 is 0.971 bits per heavy atom. The van der Waals surface area contributed by atoms with E-state index in [2.05, 4.69) is 9.62 Å². The van der Waals surface area contributed by atoms with Gasteiger partial charge in [0.25, 0.3) is 10.0 Å². The Hall–Kier alpha value is -3.43. The molecule has 7 nitrogen and oxygen atoms in total. The van der Waals surface area contributed by atoms with Crippen LogP contribution in [0.25, 0.3) is 0 Å². The molecule has 0 saturated carbocycles. The minimum Gasteiger partial charge on any atom is -0.478 e. The van der Waals surface area contributed by atoms with Gasteiger partial charge in [0.05, 0.1) is 16.1 Å². The van der Waals surface area contributed by atoms with E-state index >= 15 is 0 Å². The van der Waals surface area contributed by atoms with E-state index in [4.69, 9.17) is 0 Å². The first-order chi connectivity index (χ1) is 16.6. The van der Waals surface area contributed by atoms with E-state index in [0.29, 0.717) is 44.0 Å². The highest BCUT2D eigenvalue weighted by Crippen LogP contribution is 2.28. The number of halogens is 1. The molecule has 0 amide bonds. The lowest BCUT2D eigenvalue weighted by atomic mass is 10.1. The summed E-state index contributed by atoms with van der Waals surface area (Å²) < 4.78 is 42.2. The predicted molar refractivity (Wildman–Crippen MR) is 134 cm³/mol. The van der Waals surface area contributed by atoms with Gasteiger partial charge in [0, 0.05) is 44.0 Å². The van der Waals surface area contributed by atoms with Crippen LogP contribution in [-0.2, 0) is 16.6 Å². The number of aryl methyl sites for hydroxylation is 2. The highest BCUT2D eigenvalue weighted by molar-refractivity contribution is 7.92. The number of sulfonamides is 1. The third kappa shape index (κ3) is 5.80. The average molecular weight is 498 g/mol. The van der Waals surface area contributed by atoms with Crippen molar-refractivity contribution in [3.63, 3.8) is 0 Å². The fourth-order valence-corrected chi connectivity index (χ4v) is 5.60. The van der Waals surface area contributed by atoms with Gasteiger partial charge in [-0.1, -0.05) is 24.3 Å². The molecule has 0 unspecified atom stereocenters. The number of benzene rings is 3. The van der Waals surface area contributed by atoms with Crippen molar-refractivity contribution in [2.75, 3.05) is 35.8 Å². The third-order valence-corrected chi connectivity index (χ3v) is 7.41. The van der Waals surface area contributed by atoms with Crippen LogP contribution in [-0.4, -0.2) is 50.6 Å². The minimum absolute atomic E-state index is 0.0215. The van der Waals surface area contributed by atoms with Crippen LogP contribution in [0, 0.1) is 19.7 Å². The van der Waals surface area contributed by atoms with E-state index in [9.17, 15) is 22.7 Å². The van der Waals surface area contributed by atoms with E-state index in [1.165, 1.54) is 12.1 Å². The van der Waals surface area contributed by atoms with Gasteiger partial charge in [-0.2, -0.15) is 0 Å². The average Bonchev–Trinajstić information content (AvgIpc) is 2.80. The maximum atomic E-state index is 14.0. The Balaban J connectivity index is 1.49. The zero-order valence-electron chi connectivity index (χ0n) is 19.7. The smallest absolute Gasteiger partial charge is 0.337 e. The number of rotatable bonds is 7. The van der Waals surface area contributed by atoms with Crippen molar-refractivity contribution < 1.29 is 22.7 Å². The van der Waals surface area contributed by atoms with Crippen molar-refractivity contribution in [1.29, 1.82) is 0 Å². The molecular formula is C26H28FN3O4S. The van der Waals surface area contributed by atoms with E-state index < -0.39 is 16.0 Å². The number of nitrogens with one attached hydrogen (secondary N) is 1. The predicted octanol–water partition coefficient (Wildman–Crippen LogP) is 4.26. The van der Waals surface area contributed by atoms with Crippen molar-refractivity contribution in [2.24, 2.45) is 0 Å². The van der Waals surface area contributed by atoms with Crippen molar-refractivity contribution in [3.05, 3.63) is 88.7 Å². The number of carboxylic acid groups (broad SMARTS) is 1. The molecule has 4 rings (SSSR count). The molecule has 1 aliphatic rings. The van der Waals surface area contributed by atoms with E-state index in [0.717, 1.165) is 11.1 Å². The fourth-order valence-electron chi connectivity index (χ4n) is 4.36. The lowest BCUT2D eigenvalue weighted by molar-refractivity contribution is 0.0697. The first kappa shape index (κ1) is 24.7. The van der Waals surface area contributed by atoms with Gasteiger partial charge in [0.1, 0.15) is 5.82 Å². The van der Waals surface area contributed by atoms with Gasteiger partial charge in [-0.05, 0) is 61.4 Å². The summed E-state index contributed by atoms with van der Waals surface area (Å²) in [6.45, 7) is 6.57. The van der Waals surface area contributed by atoms with E-state index in [1.807, 2.05) is 30.9 Å². The van der Waals surface area contributed by atoms with Crippen LogP contribution in [0.4, 0.5) is 15.8 Å². The second kappa shape index (κ2) is 10.1. The minimum atomic E-state index is -3.87. The number of carboxylic acids is 1. The molecule has 0 spiro atoms. The molecule has 9 heteroatoms. The largest absolute Gasteiger partial charge is 0.478 e. The third-order valence-electron chi connectivity index (χ3n) is 6.05. The highest BCUT2D eigenvalue weighted by atomic mass is 32.2. The van der Waals surface area contributed by atoms with Crippen molar-refractivity contribution in [3.8, 4) is 0 Å². The van der Waals surface area contributed by atoms with E-state index in [1.54, 1.807) is 36.4 Å². The summed E-state index contributed by atoms with van der Waals surface area (Å²) in [7, 11) is -3.87. The van der Waals surface area contributed by atoms with Crippen LogP contribution in [0.5, 0.6) is 0 Å².